The number of carboxylic acid groups (broad SMARTS) is 2. The Hall–Kier alpha value is -2.27. The van der Waals surface area contributed by atoms with Crippen molar-refractivity contribution in [3.63, 3.8) is 0 Å². The van der Waals surface area contributed by atoms with Crippen LogP contribution in [-0.2, 0) is 23.7 Å². The molecule has 0 aliphatic heterocycles. The molecule has 0 saturated carbocycles. The van der Waals surface area contributed by atoms with Crippen LogP contribution in [0.2, 0.25) is 0 Å². The minimum atomic E-state index is -4.40. The summed E-state index contributed by atoms with van der Waals surface area (Å²) in [4.78, 5) is 62.8. The summed E-state index contributed by atoms with van der Waals surface area (Å²) in [6.07, 6.45) is 0.132. The van der Waals surface area contributed by atoms with Gasteiger partial charge < -0.3 is 36.4 Å². The van der Waals surface area contributed by atoms with Crippen molar-refractivity contribution in [2.75, 3.05) is 6.16 Å². The Labute approximate surface area is 142 Å². The number of nitrogens with one attached hydrogen (secondary N) is 2. The van der Waals surface area contributed by atoms with Crippen LogP contribution < -0.4 is 16.4 Å². The predicted molar refractivity (Wildman–Crippen MR) is 83.5 cm³/mol. The lowest BCUT2D eigenvalue weighted by molar-refractivity contribution is -0.142. The van der Waals surface area contributed by atoms with Crippen LogP contribution in [0.4, 0.5) is 0 Å². The molecular weight excluding hydrogens is 361 g/mol. The Morgan fingerprint density at radius 2 is 1.68 bits per heavy atom. The lowest BCUT2D eigenvalue weighted by Gasteiger charge is -2.20. The molecule has 142 valence electrons. The number of hydrogen-bond acceptors (Lipinski definition) is 6. The fourth-order valence-corrected chi connectivity index (χ4v) is 1.86. The van der Waals surface area contributed by atoms with Gasteiger partial charge >= 0.3 is 19.5 Å². The van der Waals surface area contributed by atoms with Gasteiger partial charge in [0.15, 0.2) is 0 Å². The first-order valence-corrected chi connectivity index (χ1v) is 8.65. The average molecular weight is 381 g/mol. The lowest BCUT2D eigenvalue weighted by atomic mass is 10.1. The van der Waals surface area contributed by atoms with Gasteiger partial charge in [0.1, 0.15) is 12.1 Å². The van der Waals surface area contributed by atoms with E-state index in [1.807, 2.05) is 5.32 Å². The van der Waals surface area contributed by atoms with Crippen LogP contribution in [0, 0.1) is 0 Å². The van der Waals surface area contributed by atoms with E-state index in [0.717, 1.165) is 12.2 Å². The van der Waals surface area contributed by atoms with Crippen LogP contribution in [0.15, 0.2) is 12.2 Å². The molecular formula is C12H20N3O9P. The standard InChI is InChI=1S/C12H20N3O9P/c1-6(13)10(18)15-8(5-9(16)17)11(19)14-7(12(20)21)3-2-4-25(22,23)24/h2-3,6-8H,4-5,13H2,1H3,(H,14,19)(H,15,18)(H,16,17)(H,20,21)(H2,22,23,24)/b3-2-/t6-,7-,8-/m0/s1. The van der Waals surface area contributed by atoms with Crippen LogP contribution in [0.5, 0.6) is 0 Å². The summed E-state index contributed by atoms with van der Waals surface area (Å²) in [6.45, 7) is 1.30. The van der Waals surface area contributed by atoms with Crippen molar-refractivity contribution < 1.29 is 43.7 Å². The Bertz CT molecular complexity index is 599. The van der Waals surface area contributed by atoms with Gasteiger partial charge in [0.25, 0.3) is 0 Å². The molecule has 13 heteroatoms. The zero-order valence-electron chi connectivity index (χ0n) is 13.2. The van der Waals surface area contributed by atoms with Gasteiger partial charge in [0.2, 0.25) is 11.8 Å². The van der Waals surface area contributed by atoms with Gasteiger partial charge in [-0.1, -0.05) is 12.2 Å². The first kappa shape index (κ1) is 22.7. The summed E-state index contributed by atoms with van der Waals surface area (Å²) in [5.74, 6) is -4.90. The largest absolute Gasteiger partial charge is 0.481 e. The number of allylic oxidation sites excluding steroid dienone is 1. The molecule has 0 heterocycles. The number of nitrogens with two attached hydrogens (primary N) is 1. The van der Waals surface area contributed by atoms with Crippen molar-refractivity contribution in [1.82, 2.24) is 10.6 Å². The zero-order valence-corrected chi connectivity index (χ0v) is 14.1. The Morgan fingerprint density at radius 1 is 1.12 bits per heavy atom. The van der Waals surface area contributed by atoms with E-state index in [1.165, 1.54) is 6.92 Å². The van der Waals surface area contributed by atoms with E-state index >= 15 is 0 Å². The molecule has 0 spiro atoms. The second-order valence-corrected chi connectivity index (χ2v) is 6.74. The van der Waals surface area contributed by atoms with Crippen molar-refractivity contribution in [1.29, 1.82) is 0 Å². The predicted octanol–water partition coefficient (Wildman–Crippen LogP) is -2.40. The summed E-state index contributed by atoms with van der Waals surface area (Å²) in [6, 6.07) is -4.28. The molecule has 0 unspecified atom stereocenters. The van der Waals surface area contributed by atoms with E-state index in [-0.39, 0.29) is 0 Å². The molecule has 3 atom stereocenters. The van der Waals surface area contributed by atoms with Gasteiger partial charge in [-0.15, -0.1) is 0 Å². The zero-order chi connectivity index (χ0) is 19.8. The maximum Gasteiger partial charge on any atom is 0.330 e. The third kappa shape index (κ3) is 10.2. The highest BCUT2D eigenvalue weighted by molar-refractivity contribution is 7.51. The van der Waals surface area contributed by atoms with E-state index in [9.17, 15) is 23.7 Å². The second kappa shape index (κ2) is 9.89. The fraction of sp³-hybridized carbons (Fsp3) is 0.500. The third-order valence-electron chi connectivity index (χ3n) is 2.66. The molecule has 0 bridgehead atoms. The molecule has 0 aromatic heterocycles. The number of carbonyl (C=O) groups excluding carboxylic acids is 2. The molecule has 25 heavy (non-hydrogen) atoms. The molecule has 0 aromatic carbocycles. The third-order valence-corrected chi connectivity index (χ3v) is 3.35. The molecule has 12 nitrogen and oxygen atoms in total. The Balaban J connectivity index is 5.12. The topological polar surface area (TPSA) is 216 Å². The van der Waals surface area contributed by atoms with Crippen molar-refractivity contribution in [3.05, 3.63) is 12.2 Å². The van der Waals surface area contributed by atoms with Crippen LogP contribution in [0.3, 0.4) is 0 Å². The van der Waals surface area contributed by atoms with Gasteiger partial charge in [-0.05, 0) is 6.92 Å². The van der Waals surface area contributed by atoms with Gasteiger partial charge in [0.05, 0.1) is 18.6 Å². The van der Waals surface area contributed by atoms with E-state index in [4.69, 9.17) is 25.7 Å². The SMILES string of the molecule is C[C@H](N)C(=O)N[C@@H](CC(=O)O)C(=O)N[C@@H](/C=C\CP(=O)(O)O)C(=O)O. The second-order valence-electron chi connectivity index (χ2n) is 5.05. The molecule has 2 amide bonds. The highest BCUT2D eigenvalue weighted by Crippen LogP contribution is 2.33. The summed E-state index contributed by atoms with van der Waals surface area (Å²) < 4.78 is 10.7. The summed E-state index contributed by atoms with van der Waals surface area (Å²) in [5.41, 5.74) is 5.30. The van der Waals surface area contributed by atoms with Crippen LogP contribution in [0.1, 0.15) is 13.3 Å². The first-order chi connectivity index (χ1) is 11.3. The van der Waals surface area contributed by atoms with Gasteiger partial charge in [-0.2, -0.15) is 0 Å². The first-order valence-electron chi connectivity index (χ1n) is 6.85. The number of carboxylic acids is 2. The number of hydrogen-bond donors (Lipinski definition) is 7. The van der Waals surface area contributed by atoms with Crippen molar-refractivity contribution in [2.45, 2.75) is 31.5 Å². The van der Waals surface area contributed by atoms with Crippen molar-refractivity contribution in [2.24, 2.45) is 5.73 Å². The van der Waals surface area contributed by atoms with E-state index in [2.05, 4.69) is 5.32 Å². The summed E-state index contributed by atoms with van der Waals surface area (Å²) >= 11 is 0. The summed E-state index contributed by atoms with van der Waals surface area (Å²) in [5, 5.41) is 21.8. The van der Waals surface area contributed by atoms with Crippen LogP contribution in [0.25, 0.3) is 0 Å². The normalized spacial score (nSPS) is 15.2. The molecule has 0 rings (SSSR count). The fourth-order valence-electron chi connectivity index (χ4n) is 1.47. The van der Waals surface area contributed by atoms with Gasteiger partial charge in [-0.25, -0.2) is 4.79 Å². The maximum atomic E-state index is 12.0. The average Bonchev–Trinajstić information content (AvgIpc) is 2.43. The van der Waals surface area contributed by atoms with E-state index in [1.54, 1.807) is 0 Å². The van der Waals surface area contributed by atoms with E-state index in [0.29, 0.717) is 0 Å². The van der Waals surface area contributed by atoms with Crippen molar-refractivity contribution in [3.8, 4) is 0 Å². The number of carbonyl (C=O) groups is 4. The molecule has 8 N–H and O–H groups in total. The number of rotatable bonds is 10. The molecule has 0 aliphatic carbocycles. The van der Waals surface area contributed by atoms with E-state index < -0.39 is 62.1 Å². The molecule has 0 saturated heterocycles. The van der Waals surface area contributed by atoms with Crippen LogP contribution in [-0.4, -0.2) is 68.0 Å². The minimum Gasteiger partial charge on any atom is -0.481 e. The van der Waals surface area contributed by atoms with Gasteiger partial charge in [-0.3, -0.25) is 18.9 Å². The molecule has 0 aromatic rings. The number of aliphatic carboxylic acids is 2. The molecule has 0 radical (unpaired) electrons. The number of amides is 2. The summed E-state index contributed by atoms with van der Waals surface area (Å²) in [7, 11) is -4.40. The lowest BCUT2D eigenvalue weighted by Crippen LogP contribution is -2.54. The minimum absolute atomic E-state index is 0.743. The highest BCUT2D eigenvalue weighted by atomic mass is 31.2. The quantitative estimate of drug-likeness (QED) is 0.157. The smallest absolute Gasteiger partial charge is 0.330 e. The van der Waals surface area contributed by atoms with Crippen molar-refractivity contribution >= 4 is 31.3 Å². The monoisotopic (exact) mass is 381 g/mol. The molecule has 0 aliphatic rings. The Kier molecular flexibility index (Phi) is 8.99. The van der Waals surface area contributed by atoms with Crippen LogP contribution >= 0.6 is 7.60 Å². The maximum absolute atomic E-state index is 12.0. The highest BCUT2D eigenvalue weighted by Gasteiger charge is 2.28. The molecule has 0 fully saturated rings. The Morgan fingerprint density at radius 3 is 2.08 bits per heavy atom. The van der Waals surface area contributed by atoms with Gasteiger partial charge in [0, 0.05) is 0 Å².